The highest BCUT2D eigenvalue weighted by Crippen LogP contribution is 2.46. The Hall–Kier alpha value is -0.340. The standard InChI is InChI=1S/C13H20O2/c1-13(2)7-14-12(15-8-13)11-6-9-3-4-10(11)5-9/h3-4,9-12H,5-8H2,1-2H3/t9-,10+,11-/m1/s1. The summed E-state index contributed by atoms with van der Waals surface area (Å²) in [6.45, 7) is 6.08. The molecule has 1 saturated heterocycles. The average molecular weight is 208 g/mol. The first-order valence-corrected chi connectivity index (χ1v) is 6.06. The Labute approximate surface area is 91.6 Å². The maximum Gasteiger partial charge on any atom is 0.160 e. The predicted octanol–water partition coefficient (Wildman–Crippen LogP) is 2.60. The van der Waals surface area contributed by atoms with Crippen molar-refractivity contribution in [1.29, 1.82) is 0 Å². The fourth-order valence-electron chi connectivity index (χ4n) is 3.09. The number of ether oxygens (including phenoxy) is 2. The minimum absolute atomic E-state index is 0.0676. The molecule has 0 aromatic rings. The first-order chi connectivity index (χ1) is 7.14. The van der Waals surface area contributed by atoms with Crippen LogP contribution < -0.4 is 0 Å². The molecule has 0 aromatic carbocycles. The zero-order valence-electron chi connectivity index (χ0n) is 9.61. The van der Waals surface area contributed by atoms with E-state index in [9.17, 15) is 0 Å². The van der Waals surface area contributed by atoms with Crippen LogP contribution in [-0.2, 0) is 9.47 Å². The normalized spacial score (nSPS) is 43.7. The zero-order chi connectivity index (χ0) is 10.5. The molecule has 3 atom stereocenters. The van der Waals surface area contributed by atoms with E-state index in [0.29, 0.717) is 5.92 Å². The summed E-state index contributed by atoms with van der Waals surface area (Å²) in [5.41, 5.74) is 0.198. The topological polar surface area (TPSA) is 18.5 Å². The molecule has 3 aliphatic rings. The molecule has 0 radical (unpaired) electrons. The van der Waals surface area contributed by atoms with Crippen LogP contribution in [0.25, 0.3) is 0 Å². The van der Waals surface area contributed by atoms with E-state index in [1.54, 1.807) is 0 Å². The molecule has 1 aliphatic heterocycles. The molecular weight excluding hydrogens is 188 g/mol. The van der Waals surface area contributed by atoms with Crippen molar-refractivity contribution in [3.05, 3.63) is 12.2 Å². The maximum absolute atomic E-state index is 5.87. The third-order valence-corrected chi connectivity index (χ3v) is 3.96. The van der Waals surface area contributed by atoms with Crippen LogP contribution in [0.2, 0.25) is 0 Å². The summed E-state index contributed by atoms with van der Waals surface area (Å²) in [4.78, 5) is 0. The predicted molar refractivity (Wildman–Crippen MR) is 58.3 cm³/mol. The fourth-order valence-corrected chi connectivity index (χ4v) is 3.09. The quantitative estimate of drug-likeness (QED) is 0.617. The van der Waals surface area contributed by atoms with Crippen molar-refractivity contribution in [3.63, 3.8) is 0 Å². The van der Waals surface area contributed by atoms with E-state index in [0.717, 1.165) is 25.0 Å². The van der Waals surface area contributed by atoms with Gasteiger partial charge in [0, 0.05) is 11.3 Å². The van der Waals surface area contributed by atoms with Crippen LogP contribution in [0.1, 0.15) is 26.7 Å². The lowest BCUT2D eigenvalue weighted by Crippen LogP contribution is -2.42. The summed E-state index contributed by atoms with van der Waals surface area (Å²) in [5.74, 6) is 2.15. The molecule has 84 valence electrons. The molecule has 15 heavy (non-hydrogen) atoms. The molecule has 2 fully saturated rings. The van der Waals surface area contributed by atoms with Crippen molar-refractivity contribution in [2.45, 2.75) is 33.0 Å². The SMILES string of the molecule is CC1(C)COC([C@@H]2C[C@@H]3C=C[C@H]2C3)OC1. The second-order valence-corrected chi connectivity index (χ2v) is 6.10. The summed E-state index contributed by atoms with van der Waals surface area (Å²) >= 11 is 0. The van der Waals surface area contributed by atoms with Gasteiger partial charge < -0.3 is 9.47 Å². The third kappa shape index (κ3) is 1.74. The van der Waals surface area contributed by atoms with E-state index in [2.05, 4.69) is 26.0 Å². The average Bonchev–Trinajstić information content (AvgIpc) is 2.78. The van der Waals surface area contributed by atoms with Crippen LogP contribution in [0.5, 0.6) is 0 Å². The Morgan fingerprint density at radius 1 is 1.07 bits per heavy atom. The van der Waals surface area contributed by atoms with Crippen molar-refractivity contribution >= 4 is 0 Å². The molecular formula is C13H20O2. The third-order valence-electron chi connectivity index (χ3n) is 3.96. The Bertz CT molecular complexity index is 272. The number of hydrogen-bond donors (Lipinski definition) is 0. The van der Waals surface area contributed by atoms with Crippen molar-refractivity contribution in [2.75, 3.05) is 13.2 Å². The van der Waals surface area contributed by atoms with Crippen LogP contribution >= 0.6 is 0 Å². The van der Waals surface area contributed by atoms with Crippen molar-refractivity contribution < 1.29 is 9.47 Å². The number of fused-ring (bicyclic) bond motifs is 2. The molecule has 1 heterocycles. The number of allylic oxidation sites excluding steroid dienone is 2. The first kappa shape index (κ1) is 9.86. The molecule has 1 saturated carbocycles. The monoisotopic (exact) mass is 208 g/mol. The van der Waals surface area contributed by atoms with Gasteiger partial charge in [-0.05, 0) is 24.7 Å². The van der Waals surface area contributed by atoms with Gasteiger partial charge in [0.2, 0.25) is 0 Å². The van der Waals surface area contributed by atoms with Crippen molar-refractivity contribution in [3.8, 4) is 0 Å². The van der Waals surface area contributed by atoms with Gasteiger partial charge in [0.25, 0.3) is 0 Å². The second-order valence-electron chi connectivity index (χ2n) is 6.10. The molecule has 3 rings (SSSR count). The molecule has 0 N–H and O–H groups in total. The number of rotatable bonds is 1. The summed E-state index contributed by atoms with van der Waals surface area (Å²) in [5, 5.41) is 0. The summed E-state index contributed by atoms with van der Waals surface area (Å²) in [6, 6.07) is 0. The highest BCUT2D eigenvalue weighted by molar-refractivity contribution is 5.10. The Morgan fingerprint density at radius 2 is 1.80 bits per heavy atom. The maximum atomic E-state index is 5.87. The smallest absolute Gasteiger partial charge is 0.160 e. The summed E-state index contributed by atoms with van der Waals surface area (Å²) < 4.78 is 11.7. The van der Waals surface area contributed by atoms with E-state index in [-0.39, 0.29) is 11.7 Å². The fraction of sp³-hybridized carbons (Fsp3) is 0.846. The van der Waals surface area contributed by atoms with Gasteiger partial charge in [0.05, 0.1) is 13.2 Å². The lowest BCUT2D eigenvalue weighted by molar-refractivity contribution is -0.246. The van der Waals surface area contributed by atoms with Crippen LogP contribution in [0, 0.1) is 23.2 Å². The molecule has 2 nitrogen and oxygen atoms in total. The van der Waals surface area contributed by atoms with Gasteiger partial charge in [-0.3, -0.25) is 0 Å². The van der Waals surface area contributed by atoms with Crippen LogP contribution in [-0.4, -0.2) is 19.5 Å². The molecule has 0 amide bonds. The van der Waals surface area contributed by atoms with Crippen LogP contribution in [0.3, 0.4) is 0 Å². The van der Waals surface area contributed by atoms with Gasteiger partial charge in [-0.25, -0.2) is 0 Å². The highest BCUT2D eigenvalue weighted by atomic mass is 16.7. The van der Waals surface area contributed by atoms with Gasteiger partial charge in [-0.1, -0.05) is 26.0 Å². The van der Waals surface area contributed by atoms with E-state index < -0.39 is 0 Å². The summed E-state index contributed by atoms with van der Waals surface area (Å²) in [7, 11) is 0. The number of hydrogen-bond acceptors (Lipinski definition) is 2. The lowest BCUT2D eigenvalue weighted by Gasteiger charge is -2.38. The largest absolute Gasteiger partial charge is 0.352 e. The first-order valence-electron chi connectivity index (χ1n) is 6.06. The van der Waals surface area contributed by atoms with Gasteiger partial charge >= 0.3 is 0 Å². The van der Waals surface area contributed by atoms with Crippen LogP contribution in [0.15, 0.2) is 12.2 Å². The van der Waals surface area contributed by atoms with Gasteiger partial charge in [0.1, 0.15) is 0 Å². The summed E-state index contributed by atoms with van der Waals surface area (Å²) in [6.07, 6.45) is 7.40. The molecule has 0 unspecified atom stereocenters. The van der Waals surface area contributed by atoms with E-state index in [1.807, 2.05) is 0 Å². The van der Waals surface area contributed by atoms with E-state index in [1.165, 1.54) is 12.8 Å². The van der Waals surface area contributed by atoms with Crippen molar-refractivity contribution in [2.24, 2.45) is 23.2 Å². The van der Waals surface area contributed by atoms with E-state index >= 15 is 0 Å². The Kier molecular flexibility index (Phi) is 2.18. The lowest BCUT2D eigenvalue weighted by atomic mass is 9.90. The minimum Gasteiger partial charge on any atom is -0.352 e. The molecule has 2 heteroatoms. The highest BCUT2D eigenvalue weighted by Gasteiger charge is 2.43. The van der Waals surface area contributed by atoms with Crippen LogP contribution in [0.4, 0.5) is 0 Å². The zero-order valence-corrected chi connectivity index (χ0v) is 9.61. The van der Waals surface area contributed by atoms with Gasteiger partial charge in [-0.15, -0.1) is 0 Å². The minimum atomic E-state index is 0.0676. The Balaban J connectivity index is 1.63. The second kappa shape index (κ2) is 3.33. The Morgan fingerprint density at radius 3 is 2.33 bits per heavy atom. The molecule has 0 aromatic heterocycles. The van der Waals surface area contributed by atoms with Crippen molar-refractivity contribution in [1.82, 2.24) is 0 Å². The molecule has 2 aliphatic carbocycles. The van der Waals surface area contributed by atoms with Gasteiger partial charge in [-0.2, -0.15) is 0 Å². The molecule has 0 spiro atoms. The van der Waals surface area contributed by atoms with E-state index in [4.69, 9.17) is 9.47 Å². The van der Waals surface area contributed by atoms with Gasteiger partial charge in [0.15, 0.2) is 6.29 Å². The molecule has 2 bridgehead atoms.